The molecule has 0 bridgehead atoms. The van der Waals surface area contributed by atoms with Crippen LogP contribution >= 0.6 is 0 Å². The van der Waals surface area contributed by atoms with E-state index < -0.39 is 0 Å². The quantitative estimate of drug-likeness (QED) is 0.414. The number of pyridine rings is 1. The maximum Gasteiger partial charge on any atom is 0.215 e. The highest BCUT2D eigenvalue weighted by atomic mass is 15.1. The average Bonchev–Trinajstić information content (AvgIpc) is 3.24. The van der Waals surface area contributed by atoms with Gasteiger partial charge in [-0.25, -0.2) is 4.98 Å². The van der Waals surface area contributed by atoms with Crippen molar-refractivity contribution in [2.24, 2.45) is 13.0 Å². The zero-order valence-corrected chi connectivity index (χ0v) is 17.0. The molecule has 1 aliphatic rings. The summed E-state index contributed by atoms with van der Waals surface area (Å²) < 4.78 is 4.62. The van der Waals surface area contributed by atoms with E-state index in [1.807, 2.05) is 6.20 Å². The number of fused-ring (bicyclic) bond motifs is 4. The van der Waals surface area contributed by atoms with E-state index in [1.165, 1.54) is 44.5 Å². The molecular formula is C25H26N3+. The lowest BCUT2D eigenvalue weighted by atomic mass is 9.95. The summed E-state index contributed by atoms with van der Waals surface area (Å²) >= 11 is 0. The zero-order chi connectivity index (χ0) is 19.4. The Kier molecular flexibility index (Phi) is 3.87. The van der Waals surface area contributed by atoms with Gasteiger partial charge in [-0.05, 0) is 42.0 Å². The molecule has 0 N–H and O–H groups in total. The summed E-state index contributed by atoms with van der Waals surface area (Å²) in [5.41, 5.74) is 9.24. The molecule has 5 rings (SSSR count). The topological polar surface area (TPSA) is 21.7 Å². The first-order valence-electron chi connectivity index (χ1n) is 10.1. The Morgan fingerprint density at radius 2 is 1.96 bits per heavy atom. The predicted molar refractivity (Wildman–Crippen MR) is 114 cm³/mol. The van der Waals surface area contributed by atoms with Crippen LogP contribution in [0, 0.1) is 12.8 Å². The highest BCUT2D eigenvalue weighted by Crippen LogP contribution is 2.37. The molecular weight excluding hydrogens is 342 g/mol. The van der Waals surface area contributed by atoms with Crippen molar-refractivity contribution in [1.82, 2.24) is 9.55 Å². The van der Waals surface area contributed by atoms with Crippen LogP contribution in [0.25, 0.3) is 27.8 Å². The van der Waals surface area contributed by atoms with Gasteiger partial charge in [-0.3, -0.25) is 0 Å². The molecule has 3 heteroatoms. The van der Waals surface area contributed by atoms with Crippen LogP contribution < -0.4 is 4.57 Å². The minimum atomic E-state index is 0.648. The first kappa shape index (κ1) is 17.2. The fourth-order valence-corrected chi connectivity index (χ4v) is 4.67. The monoisotopic (exact) mass is 368 g/mol. The normalized spacial score (nSPS) is 12.6. The Hall–Kier alpha value is -2.94. The second-order valence-corrected chi connectivity index (χ2v) is 8.38. The van der Waals surface area contributed by atoms with Gasteiger partial charge in [0.2, 0.25) is 11.2 Å². The van der Waals surface area contributed by atoms with Crippen LogP contribution in [0.2, 0.25) is 0 Å². The molecule has 0 saturated heterocycles. The van der Waals surface area contributed by atoms with Crippen molar-refractivity contribution in [3.05, 3.63) is 77.4 Å². The van der Waals surface area contributed by atoms with E-state index in [2.05, 4.69) is 90.6 Å². The zero-order valence-electron chi connectivity index (χ0n) is 17.0. The van der Waals surface area contributed by atoms with Crippen molar-refractivity contribution >= 4 is 10.9 Å². The van der Waals surface area contributed by atoms with Crippen LogP contribution in [0.5, 0.6) is 0 Å². The molecule has 0 atom stereocenters. The smallest absolute Gasteiger partial charge is 0.215 e. The first-order chi connectivity index (χ1) is 13.5. The molecule has 2 aromatic heterocycles. The fourth-order valence-electron chi connectivity index (χ4n) is 4.67. The third-order valence-corrected chi connectivity index (χ3v) is 5.96. The lowest BCUT2D eigenvalue weighted by molar-refractivity contribution is -0.633. The minimum Gasteiger partial charge on any atom is -0.302 e. The molecule has 4 aromatic rings. The molecule has 0 aliphatic carbocycles. The number of aromatic nitrogens is 3. The molecule has 0 unspecified atom stereocenters. The molecule has 3 heterocycles. The SMILES string of the molecule is Cc1ccc2c(c1-c1ccc3c(CC(C)C)cccc3[n+]1C)-n1ccnc1C2. The van der Waals surface area contributed by atoms with Crippen LogP contribution in [0.3, 0.4) is 0 Å². The molecule has 0 fully saturated rings. The summed E-state index contributed by atoms with van der Waals surface area (Å²) in [5, 5.41) is 1.36. The third kappa shape index (κ3) is 2.50. The number of nitrogens with zero attached hydrogens (tertiary/aromatic N) is 3. The summed E-state index contributed by atoms with van der Waals surface area (Å²) in [7, 11) is 2.19. The van der Waals surface area contributed by atoms with Crippen molar-refractivity contribution in [3.63, 3.8) is 0 Å². The number of benzene rings is 2. The largest absolute Gasteiger partial charge is 0.302 e. The Bertz CT molecular complexity index is 1210. The standard InChI is InChI=1S/C25H26N3/c1-16(2)14-18-6-5-7-21-20(18)10-11-22(27(21)4)24-17(3)8-9-19-15-23-26-12-13-28(23)25(19)24/h5-13,16H,14-15H2,1-4H3/q+1. The van der Waals surface area contributed by atoms with E-state index in [1.54, 1.807) is 0 Å². The maximum absolute atomic E-state index is 4.54. The van der Waals surface area contributed by atoms with Gasteiger partial charge in [0.25, 0.3) is 0 Å². The molecule has 3 nitrogen and oxygen atoms in total. The highest BCUT2D eigenvalue weighted by Gasteiger charge is 2.28. The van der Waals surface area contributed by atoms with E-state index >= 15 is 0 Å². The number of imidazole rings is 1. The average molecular weight is 369 g/mol. The molecule has 28 heavy (non-hydrogen) atoms. The summed E-state index contributed by atoms with van der Waals surface area (Å²) in [5.74, 6) is 1.78. The van der Waals surface area contributed by atoms with Gasteiger partial charge in [-0.1, -0.05) is 38.1 Å². The van der Waals surface area contributed by atoms with Gasteiger partial charge in [0, 0.05) is 36.3 Å². The number of hydrogen-bond acceptors (Lipinski definition) is 1. The second kappa shape index (κ2) is 6.30. The molecule has 0 radical (unpaired) electrons. The molecule has 0 spiro atoms. The van der Waals surface area contributed by atoms with Gasteiger partial charge >= 0.3 is 0 Å². The Labute approximate surface area is 166 Å². The van der Waals surface area contributed by atoms with Gasteiger partial charge in [0.15, 0.2) is 0 Å². The second-order valence-electron chi connectivity index (χ2n) is 8.38. The van der Waals surface area contributed by atoms with E-state index in [-0.39, 0.29) is 0 Å². The van der Waals surface area contributed by atoms with Gasteiger partial charge in [-0.15, -0.1) is 0 Å². The van der Waals surface area contributed by atoms with Crippen LogP contribution in [-0.2, 0) is 19.9 Å². The lowest BCUT2D eigenvalue weighted by Crippen LogP contribution is -2.32. The summed E-state index contributed by atoms with van der Waals surface area (Å²) in [6.07, 6.45) is 6.01. The van der Waals surface area contributed by atoms with E-state index in [9.17, 15) is 0 Å². The molecule has 1 aliphatic heterocycles. The van der Waals surface area contributed by atoms with Gasteiger partial charge < -0.3 is 4.57 Å². The molecule has 140 valence electrons. The Morgan fingerprint density at radius 1 is 1.11 bits per heavy atom. The van der Waals surface area contributed by atoms with Crippen molar-refractivity contribution in [2.45, 2.75) is 33.6 Å². The number of rotatable bonds is 3. The molecule has 2 aromatic carbocycles. The highest BCUT2D eigenvalue weighted by molar-refractivity contribution is 5.83. The van der Waals surface area contributed by atoms with Gasteiger partial charge in [0.05, 0.1) is 11.3 Å². The van der Waals surface area contributed by atoms with Crippen molar-refractivity contribution in [1.29, 1.82) is 0 Å². The molecule has 0 amide bonds. The van der Waals surface area contributed by atoms with Crippen LogP contribution in [0.15, 0.2) is 54.9 Å². The third-order valence-electron chi connectivity index (χ3n) is 5.96. The van der Waals surface area contributed by atoms with Crippen molar-refractivity contribution in [3.8, 4) is 16.9 Å². The van der Waals surface area contributed by atoms with Crippen molar-refractivity contribution in [2.75, 3.05) is 0 Å². The first-order valence-corrected chi connectivity index (χ1v) is 10.1. The van der Waals surface area contributed by atoms with Crippen LogP contribution in [0.4, 0.5) is 0 Å². The van der Waals surface area contributed by atoms with E-state index in [4.69, 9.17) is 0 Å². The maximum atomic E-state index is 4.54. The summed E-state index contributed by atoms with van der Waals surface area (Å²) in [4.78, 5) is 4.54. The van der Waals surface area contributed by atoms with Gasteiger partial charge in [-0.2, -0.15) is 4.57 Å². The molecule has 0 saturated carbocycles. The summed E-state index contributed by atoms with van der Waals surface area (Å²) in [6.45, 7) is 6.78. The lowest BCUT2D eigenvalue weighted by Gasteiger charge is -2.14. The number of hydrogen-bond donors (Lipinski definition) is 0. The predicted octanol–water partition coefficient (Wildman–Crippen LogP) is 4.93. The fraction of sp³-hybridized carbons (Fsp3) is 0.280. The summed E-state index contributed by atoms with van der Waals surface area (Å²) in [6, 6.07) is 15.8. The Balaban J connectivity index is 1.77. The van der Waals surface area contributed by atoms with Crippen molar-refractivity contribution < 1.29 is 4.57 Å². The van der Waals surface area contributed by atoms with E-state index in [0.717, 1.165) is 18.7 Å². The van der Waals surface area contributed by atoms with E-state index in [0.29, 0.717) is 5.92 Å². The van der Waals surface area contributed by atoms with Gasteiger partial charge in [0.1, 0.15) is 12.9 Å². The number of aryl methyl sites for hydroxylation is 2. The van der Waals surface area contributed by atoms with Crippen LogP contribution in [-0.4, -0.2) is 9.55 Å². The minimum absolute atomic E-state index is 0.648. The van der Waals surface area contributed by atoms with Crippen LogP contribution in [0.1, 0.15) is 36.4 Å². The Morgan fingerprint density at radius 3 is 2.79 bits per heavy atom.